The van der Waals surface area contributed by atoms with Crippen molar-refractivity contribution in [3.8, 4) is 0 Å². The van der Waals surface area contributed by atoms with Crippen LogP contribution in [0.15, 0.2) is 44.8 Å². The maximum Gasteiger partial charge on any atom is 0.270 e. The summed E-state index contributed by atoms with van der Waals surface area (Å²) in [6.45, 7) is 3.92. The number of hydrogen-bond donors (Lipinski definition) is 1. The van der Waals surface area contributed by atoms with E-state index in [1.54, 1.807) is 6.07 Å². The third-order valence-electron chi connectivity index (χ3n) is 5.07. The second kappa shape index (κ2) is 8.12. The fourth-order valence-corrected chi connectivity index (χ4v) is 4.34. The van der Waals surface area contributed by atoms with Crippen LogP contribution >= 0.6 is 28.1 Å². The molecule has 2 aromatic rings. The number of aryl methyl sites for hydroxylation is 1. The van der Waals surface area contributed by atoms with Crippen molar-refractivity contribution in [3.05, 3.63) is 51.7 Å². The van der Waals surface area contributed by atoms with Crippen LogP contribution in [0.2, 0.25) is 0 Å². The molecule has 2 saturated heterocycles. The predicted molar refractivity (Wildman–Crippen MR) is 120 cm³/mol. The zero-order chi connectivity index (χ0) is 20.5. The van der Waals surface area contributed by atoms with Crippen molar-refractivity contribution in [2.24, 2.45) is 0 Å². The zero-order valence-electron chi connectivity index (χ0n) is 15.9. The van der Waals surface area contributed by atoms with Gasteiger partial charge in [-0.15, -0.1) is 0 Å². The molecule has 2 fully saturated rings. The maximum atomic E-state index is 13.1. The number of halogens is 1. The van der Waals surface area contributed by atoms with Gasteiger partial charge in [-0.2, -0.15) is 0 Å². The first kappa shape index (κ1) is 19.8. The highest BCUT2D eigenvalue weighted by molar-refractivity contribution is 9.10. The van der Waals surface area contributed by atoms with E-state index >= 15 is 0 Å². The lowest BCUT2D eigenvalue weighted by atomic mass is 10.1. The molecule has 29 heavy (non-hydrogen) atoms. The molecule has 1 aromatic heterocycles. The topological polar surface area (TPSA) is 65.8 Å². The Morgan fingerprint density at radius 1 is 1.21 bits per heavy atom. The monoisotopic (exact) mass is 473 g/mol. The van der Waals surface area contributed by atoms with Crippen LogP contribution in [-0.2, 0) is 16.0 Å². The summed E-state index contributed by atoms with van der Waals surface area (Å²) >= 11 is 8.76. The van der Waals surface area contributed by atoms with E-state index in [1.165, 1.54) is 11.0 Å². The lowest BCUT2D eigenvalue weighted by Gasteiger charge is -2.28. The number of anilines is 2. The summed E-state index contributed by atoms with van der Waals surface area (Å²) in [6.07, 6.45) is 4.60. The Morgan fingerprint density at radius 2 is 1.90 bits per heavy atom. The fourth-order valence-electron chi connectivity index (χ4n) is 3.50. The molecule has 2 amide bonds. The Bertz CT molecular complexity index is 1010. The molecule has 0 spiro atoms. The molecule has 0 atom stereocenters. The van der Waals surface area contributed by atoms with E-state index in [1.807, 2.05) is 24.3 Å². The molecule has 0 aliphatic carbocycles. The van der Waals surface area contributed by atoms with Gasteiger partial charge in [-0.1, -0.05) is 19.1 Å². The summed E-state index contributed by atoms with van der Waals surface area (Å²) in [5.41, 5.74) is 1.74. The van der Waals surface area contributed by atoms with Crippen LogP contribution in [0.25, 0.3) is 6.08 Å². The SMILES string of the molecule is CCc1ccc(N2C(=O)/C(=C/c3cc(Br)c(N4CCCC4)o3)C(=O)NC2=S)cc1. The third kappa shape index (κ3) is 3.86. The fraction of sp³-hybridized carbons (Fsp3) is 0.286. The average Bonchev–Trinajstić information content (AvgIpc) is 3.35. The van der Waals surface area contributed by atoms with E-state index in [9.17, 15) is 9.59 Å². The third-order valence-corrected chi connectivity index (χ3v) is 5.92. The average molecular weight is 474 g/mol. The Hall–Kier alpha value is -2.45. The molecule has 0 unspecified atom stereocenters. The van der Waals surface area contributed by atoms with E-state index in [4.69, 9.17) is 16.6 Å². The van der Waals surface area contributed by atoms with Crippen LogP contribution in [0.1, 0.15) is 31.1 Å². The molecular formula is C21H20BrN3O3S. The molecule has 150 valence electrons. The number of rotatable bonds is 4. The van der Waals surface area contributed by atoms with Crippen molar-refractivity contribution in [1.29, 1.82) is 0 Å². The minimum atomic E-state index is -0.531. The first-order chi connectivity index (χ1) is 14.0. The second-order valence-electron chi connectivity index (χ2n) is 6.97. The van der Waals surface area contributed by atoms with Crippen LogP contribution in [0.4, 0.5) is 11.6 Å². The highest BCUT2D eigenvalue weighted by atomic mass is 79.9. The van der Waals surface area contributed by atoms with Crippen LogP contribution in [0.3, 0.4) is 0 Å². The van der Waals surface area contributed by atoms with Gasteiger partial charge in [0.25, 0.3) is 11.8 Å². The van der Waals surface area contributed by atoms with E-state index in [-0.39, 0.29) is 10.7 Å². The number of amides is 2. The van der Waals surface area contributed by atoms with E-state index in [0.29, 0.717) is 11.4 Å². The number of carbonyl (C=O) groups excluding carboxylic acids is 2. The molecule has 3 heterocycles. The molecule has 4 rings (SSSR count). The highest BCUT2D eigenvalue weighted by Gasteiger charge is 2.35. The summed E-state index contributed by atoms with van der Waals surface area (Å²) in [5, 5.41) is 2.67. The summed E-state index contributed by atoms with van der Waals surface area (Å²) in [4.78, 5) is 29.0. The van der Waals surface area contributed by atoms with Crippen molar-refractivity contribution in [1.82, 2.24) is 5.32 Å². The number of nitrogens with zero attached hydrogens (tertiary/aromatic N) is 2. The van der Waals surface area contributed by atoms with Gasteiger partial charge in [0.15, 0.2) is 5.11 Å². The van der Waals surface area contributed by atoms with Gasteiger partial charge in [0, 0.05) is 19.2 Å². The summed E-state index contributed by atoms with van der Waals surface area (Å²) in [5.74, 6) is 0.154. The highest BCUT2D eigenvalue weighted by Crippen LogP contribution is 2.34. The lowest BCUT2D eigenvalue weighted by molar-refractivity contribution is -0.122. The number of hydrogen-bond acceptors (Lipinski definition) is 5. The normalized spacial score (nSPS) is 18.7. The molecule has 2 aliphatic heterocycles. The molecule has 8 heteroatoms. The van der Waals surface area contributed by atoms with Gasteiger partial charge >= 0.3 is 0 Å². The van der Waals surface area contributed by atoms with Gasteiger partial charge < -0.3 is 9.32 Å². The Kier molecular flexibility index (Phi) is 5.56. The molecule has 0 bridgehead atoms. The van der Waals surface area contributed by atoms with Crippen molar-refractivity contribution in [2.75, 3.05) is 22.9 Å². The van der Waals surface area contributed by atoms with Gasteiger partial charge in [0.05, 0.1) is 10.2 Å². The first-order valence-corrected chi connectivity index (χ1v) is 10.7. The van der Waals surface area contributed by atoms with Gasteiger partial charge in [-0.3, -0.25) is 19.8 Å². The molecule has 1 aromatic carbocycles. The van der Waals surface area contributed by atoms with Crippen LogP contribution in [0, 0.1) is 0 Å². The zero-order valence-corrected chi connectivity index (χ0v) is 18.3. The minimum Gasteiger partial charge on any atom is -0.440 e. The number of benzene rings is 1. The molecule has 6 nitrogen and oxygen atoms in total. The smallest absolute Gasteiger partial charge is 0.270 e. The molecule has 1 N–H and O–H groups in total. The Labute approximate surface area is 182 Å². The second-order valence-corrected chi connectivity index (χ2v) is 8.21. The van der Waals surface area contributed by atoms with E-state index in [0.717, 1.165) is 48.3 Å². The quantitative estimate of drug-likeness (QED) is 0.412. The predicted octanol–water partition coefficient (Wildman–Crippen LogP) is 4.04. The van der Waals surface area contributed by atoms with Crippen molar-refractivity contribution < 1.29 is 14.0 Å². The van der Waals surface area contributed by atoms with Gasteiger partial charge in [-0.05, 0) is 71.2 Å². The van der Waals surface area contributed by atoms with Gasteiger partial charge in [0.1, 0.15) is 11.3 Å². The van der Waals surface area contributed by atoms with Crippen LogP contribution in [0.5, 0.6) is 0 Å². The number of nitrogens with one attached hydrogen (secondary N) is 1. The Morgan fingerprint density at radius 3 is 2.55 bits per heavy atom. The summed E-state index contributed by atoms with van der Waals surface area (Å²) < 4.78 is 6.72. The van der Waals surface area contributed by atoms with E-state index in [2.05, 4.69) is 33.1 Å². The molecule has 2 aliphatic rings. The van der Waals surface area contributed by atoms with Crippen molar-refractivity contribution >= 4 is 62.7 Å². The summed E-state index contributed by atoms with van der Waals surface area (Å²) in [7, 11) is 0. The number of carbonyl (C=O) groups is 2. The minimum absolute atomic E-state index is 0.0209. The largest absolute Gasteiger partial charge is 0.440 e. The van der Waals surface area contributed by atoms with Crippen molar-refractivity contribution in [2.45, 2.75) is 26.2 Å². The van der Waals surface area contributed by atoms with E-state index < -0.39 is 11.8 Å². The molecular weight excluding hydrogens is 454 g/mol. The van der Waals surface area contributed by atoms with Crippen molar-refractivity contribution in [3.63, 3.8) is 0 Å². The van der Waals surface area contributed by atoms with Crippen LogP contribution < -0.4 is 15.1 Å². The Balaban J connectivity index is 1.65. The number of furan rings is 1. The maximum absolute atomic E-state index is 13.1. The lowest BCUT2D eigenvalue weighted by Crippen LogP contribution is -2.54. The van der Waals surface area contributed by atoms with Gasteiger partial charge in [0.2, 0.25) is 5.88 Å². The molecule has 0 radical (unpaired) electrons. The first-order valence-electron chi connectivity index (χ1n) is 9.52. The van der Waals surface area contributed by atoms with Crippen LogP contribution in [-0.4, -0.2) is 30.0 Å². The summed E-state index contributed by atoms with van der Waals surface area (Å²) in [6, 6.07) is 9.31. The number of thiocarbonyl (C=S) groups is 1. The standard InChI is InChI=1S/C21H20BrN3O3S/c1-2-13-5-7-14(8-6-13)25-19(27)16(18(26)23-21(25)29)11-15-12-17(22)20(28-15)24-9-3-4-10-24/h5-8,11-12H,2-4,9-10H2,1H3,(H,23,26,29)/b16-11+. The van der Waals surface area contributed by atoms with Gasteiger partial charge in [-0.25, -0.2) is 0 Å². The molecule has 0 saturated carbocycles.